The van der Waals surface area contributed by atoms with Gasteiger partial charge in [0.1, 0.15) is 4.32 Å². The zero-order valence-electron chi connectivity index (χ0n) is 14.8. The molecule has 0 radical (unpaired) electrons. The summed E-state index contributed by atoms with van der Waals surface area (Å²) in [6.07, 6.45) is 3.70. The van der Waals surface area contributed by atoms with Crippen LogP contribution in [0.1, 0.15) is 25.3 Å². The molecular weight excluding hydrogens is 384 g/mol. The maximum Gasteiger partial charge on any atom is 0.305 e. The summed E-state index contributed by atoms with van der Waals surface area (Å²) < 4.78 is 0.414. The van der Waals surface area contributed by atoms with Gasteiger partial charge in [-0.2, -0.15) is 0 Å². The minimum absolute atomic E-state index is 0.0654. The second kappa shape index (κ2) is 10.0. The number of carboxylic acid groups (broad SMARTS) is 1. The van der Waals surface area contributed by atoms with Crippen molar-refractivity contribution in [3.05, 3.63) is 52.4 Å². The van der Waals surface area contributed by atoms with E-state index in [-0.39, 0.29) is 37.7 Å². The molecule has 2 rings (SSSR count). The summed E-state index contributed by atoms with van der Waals surface area (Å²) in [5.74, 6) is -1.50. The van der Waals surface area contributed by atoms with Crippen LogP contribution in [-0.4, -0.2) is 45.2 Å². The van der Waals surface area contributed by atoms with E-state index in [1.807, 2.05) is 43.3 Å². The van der Waals surface area contributed by atoms with E-state index in [4.69, 9.17) is 17.3 Å². The zero-order valence-corrected chi connectivity index (χ0v) is 16.4. The van der Waals surface area contributed by atoms with Crippen LogP contribution in [0.25, 0.3) is 6.08 Å². The van der Waals surface area contributed by atoms with E-state index in [9.17, 15) is 14.4 Å². The molecular formula is C19H20N2O4S2. The van der Waals surface area contributed by atoms with E-state index in [1.54, 1.807) is 6.08 Å². The fraction of sp³-hybridized carbons (Fsp3) is 0.263. The lowest BCUT2D eigenvalue weighted by atomic mass is 10.1. The van der Waals surface area contributed by atoms with Gasteiger partial charge in [0, 0.05) is 19.5 Å². The summed E-state index contributed by atoms with van der Waals surface area (Å²) in [7, 11) is 0. The van der Waals surface area contributed by atoms with Gasteiger partial charge in [0.05, 0.1) is 11.3 Å². The first-order chi connectivity index (χ1) is 12.9. The summed E-state index contributed by atoms with van der Waals surface area (Å²) in [5.41, 5.74) is 1.97. The summed E-state index contributed by atoms with van der Waals surface area (Å²) in [5, 5.41) is 11.1. The number of rotatable bonds is 8. The molecule has 2 N–H and O–H groups in total. The lowest BCUT2D eigenvalue weighted by Gasteiger charge is -2.13. The van der Waals surface area contributed by atoms with Crippen LogP contribution in [0.15, 0.2) is 46.9 Å². The van der Waals surface area contributed by atoms with Gasteiger partial charge in [-0.1, -0.05) is 60.4 Å². The SMILES string of the molecule is CC(=Cc1ccccc1)C=C1SC(=S)N(CCC(=O)NCCC(=O)O)C1=O. The first-order valence-electron chi connectivity index (χ1n) is 8.34. The lowest BCUT2D eigenvalue weighted by Crippen LogP contribution is -2.34. The van der Waals surface area contributed by atoms with Crippen molar-refractivity contribution >= 4 is 52.2 Å². The van der Waals surface area contributed by atoms with E-state index < -0.39 is 5.97 Å². The highest BCUT2D eigenvalue weighted by molar-refractivity contribution is 8.26. The molecule has 0 unspecified atom stereocenters. The number of carboxylic acids is 1. The Morgan fingerprint density at radius 2 is 1.96 bits per heavy atom. The van der Waals surface area contributed by atoms with Gasteiger partial charge >= 0.3 is 5.97 Å². The zero-order chi connectivity index (χ0) is 19.8. The number of hydrogen-bond donors (Lipinski definition) is 2. The number of carbonyl (C=O) groups excluding carboxylic acids is 2. The second-order valence-electron chi connectivity index (χ2n) is 5.88. The van der Waals surface area contributed by atoms with E-state index >= 15 is 0 Å². The molecule has 0 spiro atoms. The first kappa shape index (κ1) is 20.9. The molecule has 1 aliphatic heterocycles. The maximum absolute atomic E-state index is 12.5. The molecule has 1 heterocycles. The van der Waals surface area contributed by atoms with Gasteiger partial charge in [-0.3, -0.25) is 19.3 Å². The summed E-state index contributed by atoms with van der Waals surface area (Å²) in [6, 6.07) is 9.78. The summed E-state index contributed by atoms with van der Waals surface area (Å²) >= 11 is 6.46. The van der Waals surface area contributed by atoms with Crippen LogP contribution < -0.4 is 5.32 Å². The van der Waals surface area contributed by atoms with Crippen molar-refractivity contribution in [3.63, 3.8) is 0 Å². The minimum atomic E-state index is -0.976. The van der Waals surface area contributed by atoms with Crippen LogP contribution in [0, 0.1) is 0 Å². The van der Waals surface area contributed by atoms with Crippen molar-refractivity contribution in [2.75, 3.05) is 13.1 Å². The quantitative estimate of drug-likeness (QED) is 0.512. The smallest absolute Gasteiger partial charge is 0.305 e. The summed E-state index contributed by atoms with van der Waals surface area (Å²) in [6.45, 7) is 2.15. The fourth-order valence-electron chi connectivity index (χ4n) is 2.36. The molecule has 1 saturated heterocycles. The Bertz CT molecular complexity index is 803. The van der Waals surface area contributed by atoms with Crippen LogP contribution in [-0.2, 0) is 14.4 Å². The van der Waals surface area contributed by atoms with Gasteiger partial charge in [-0.25, -0.2) is 0 Å². The number of nitrogens with zero attached hydrogens (tertiary/aromatic N) is 1. The number of hydrogen-bond acceptors (Lipinski definition) is 5. The monoisotopic (exact) mass is 404 g/mol. The average Bonchev–Trinajstić information content (AvgIpc) is 2.87. The van der Waals surface area contributed by atoms with E-state index in [1.165, 1.54) is 16.7 Å². The minimum Gasteiger partial charge on any atom is -0.481 e. The van der Waals surface area contributed by atoms with Crippen molar-refractivity contribution in [2.24, 2.45) is 0 Å². The molecule has 0 aromatic heterocycles. The van der Waals surface area contributed by atoms with Gasteiger partial charge in [0.15, 0.2) is 0 Å². The highest BCUT2D eigenvalue weighted by Gasteiger charge is 2.31. The van der Waals surface area contributed by atoms with E-state index in [2.05, 4.69) is 5.32 Å². The molecule has 8 heteroatoms. The van der Waals surface area contributed by atoms with Crippen molar-refractivity contribution in [2.45, 2.75) is 19.8 Å². The normalized spacial score (nSPS) is 16.1. The van der Waals surface area contributed by atoms with Gasteiger partial charge in [0.25, 0.3) is 5.91 Å². The summed E-state index contributed by atoms with van der Waals surface area (Å²) in [4.78, 5) is 36.6. The highest BCUT2D eigenvalue weighted by Crippen LogP contribution is 2.32. The predicted molar refractivity (Wildman–Crippen MR) is 110 cm³/mol. The number of carbonyl (C=O) groups is 3. The molecule has 0 aliphatic carbocycles. The number of thiocarbonyl (C=S) groups is 1. The van der Waals surface area contributed by atoms with Gasteiger partial charge < -0.3 is 10.4 Å². The molecule has 27 heavy (non-hydrogen) atoms. The standard InChI is InChI=1S/C19H20N2O4S2/c1-13(11-14-5-3-2-4-6-14)12-15-18(25)21(19(26)27-15)10-8-16(22)20-9-7-17(23)24/h2-6,11-12H,7-10H2,1H3,(H,20,22)(H,23,24). The van der Waals surface area contributed by atoms with Crippen LogP contribution in [0.3, 0.4) is 0 Å². The average molecular weight is 405 g/mol. The number of amides is 2. The number of nitrogens with one attached hydrogen (secondary N) is 1. The van der Waals surface area contributed by atoms with Gasteiger partial charge in [-0.05, 0) is 24.1 Å². The molecule has 1 fully saturated rings. The highest BCUT2D eigenvalue weighted by atomic mass is 32.2. The molecule has 0 saturated carbocycles. The third-order valence-corrected chi connectivity index (χ3v) is 5.03. The third-order valence-electron chi connectivity index (χ3n) is 3.65. The Labute approximate surface area is 167 Å². The Kier molecular flexibility index (Phi) is 7.75. The second-order valence-corrected chi connectivity index (χ2v) is 7.55. The lowest BCUT2D eigenvalue weighted by molar-refractivity contribution is -0.136. The van der Waals surface area contributed by atoms with Gasteiger partial charge in [-0.15, -0.1) is 0 Å². The third kappa shape index (κ3) is 6.65. The number of thioether (sulfide) groups is 1. The largest absolute Gasteiger partial charge is 0.481 e. The van der Waals surface area contributed by atoms with Crippen LogP contribution in [0.5, 0.6) is 0 Å². The predicted octanol–water partition coefficient (Wildman–Crippen LogP) is 2.82. The first-order valence-corrected chi connectivity index (χ1v) is 9.56. The van der Waals surface area contributed by atoms with Crippen LogP contribution in [0.4, 0.5) is 0 Å². The van der Waals surface area contributed by atoms with Crippen molar-refractivity contribution in [1.82, 2.24) is 10.2 Å². The van der Waals surface area contributed by atoms with Crippen LogP contribution in [0.2, 0.25) is 0 Å². The molecule has 2 amide bonds. The maximum atomic E-state index is 12.5. The molecule has 1 aromatic rings. The Hall–Kier alpha value is -2.45. The van der Waals surface area contributed by atoms with E-state index in [0.29, 0.717) is 9.23 Å². The van der Waals surface area contributed by atoms with Crippen molar-refractivity contribution in [1.29, 1.82) is 0 Å². The number of benzene rings is 1. The van der Waals surface area contributed by atoms with Gasteiger partial charge in [0.2, 0.25) is 5.91 Å². The Morgan fingerprint density at radius 3 is 2.63 bits per heavy atom. The molecule has 6 nitrogen and oxygen atoms in total. The van der Waals surface area contributed by atoms with Crippen molar-refractivity contribution in [3.8, 4) is 0 Å². The molecule has 142 valence electrons. The Morgan fingerprint density at radius 1 is 1.26 bits per heavy atom. The van der Waals surface area contributed by atoms with Crippen molar-refractivity contribution < 1.29 is 19.5 Å². The number of aliphatic carboxylic acids is 1. The molecule has 1 aromatic carbocycles. The fourth-order valence-corrected chi connectivity index (χ4v) is 3.72. The molecule has 0 atom stereocenters. The molecule has 1 aliphatic rings. The Balaban J connectivity index is 1.93. The van der Waals surface area contributed by atoms with E-state index in [0.717, 1.165) is 11.1 Å². The molecule has 0 bridgehead atoms. The van der Waals surface area contributed by atoms with Crippen LogP contribution >= 0.6 is 24.0 Å². The topological polar surface area (TPSA) is 86.7 Å². The number of allylic oxidation sites excluding steroid dienone is 2.